The molecule has 4 nitrogen and oxygen atoms in total. The second-order valence-corrected chi connectivity index (χ2v) is 11.7. The van der Waals surface area contributed by atoms with E-state index in [0.29, 0.717) is 0 Å². The summed E-state index contributed by atoms with van der Waals surface area (Å²) < 4.78 is 0. The second kappa shape index (κ2) is 10.2. The molecular weight excluding hydrogens is 395 g/mol. The number of hydrogen-bond donors (Lipinski definition) is 2. The Kier molecular flexibility index (Phi) is 7.37. The number of hydrogen-bond acceptors (Lipinski definition) is 2. The van der Waals surface area contributed by atoms with Gasteiger partial charge in [0.05, 0.1) is 0 Å². The van der Waals surface area contributed by atoms with Crippen molar-refractivity contribution in [1.82, 2.24) is 0 Å². The van der Waals surface area contributed by atoms with E-state index in [1.807, 2.05) is 0 Å². The Balaban J connectivity index is 0.000000377. The SMILES string of the molecule is O=C(O)C(=O)O.c1ccc([PH](c2ccccc2)(c2ccccc2)C2CCCC2)cc1. The molecule has 0 amide bonds. The number of carboxylic acids is 2. The first-order valence-corrected chi connectivity index (χ1v) is 12.3. The van der Waals surface area contributed by atoms with Gasteiger partial charge in [-0.2, -0.15) is 0 Å². The third-order valence-corrected chi connectivity index (χ3v) is 11.4. The molecule has 1 fully saturated rings. The van der Waals surface area contributed by atoms with Crippen molar-refractivity contribution < 1.29 is 19.8 Å². The van der Waals surface area contributed by atoms with E-state index in [4.69, 9.17) is 19.8 Å². The maximum atomic E-state index is 9.10. The minimum atomic E-state index is -1.99. The monoisotopic (exact) mass is 422 g/mol. The van der Waals surface area contributed by atoms with Crippen LogP contribution in [-0.2, 0) is 9.59 Å². The third-order valence-electron chi connectivity index (χ3n) is 5.84. The molecule has 0 radical (unpaired) electrons. The van der Waals surface area contributed by atoms with Gasteiger partial charge in [0.25, 0.3) is 0 Å². The Labute approximate surface area is 177 Å². The molecule has 0 bridgehead atoms. The molecule has 30 heavy (non-hydrogen) atoms. The quantitative estimate of drug-likeness (QED) is 0.495. The molecule has 4 rings (SSSR count). The molecule has 0 aliphatic heterocycles. The fourth-order valence-corrected chi connectivity index (χ4v) is 10.5. The molecule has 0 unspecified atom stereocenters. The zero-order chi connectivity index (χ0) is 21.4. The van der Waals surface area contributed by atoms with Gasteiger partial charge in [-0.1, -0.05) is 0 Å². The number of aliphatic carboxylic acids is 2. The second-order valence-electron chi connectivity index (χ2n) is 7.50. The molecule has 0 saturated heterocycles. The van der Waals surface area contributed by atoms with Gasteiger partial charge in [0.2, 0.25) is 0 Å². The summed E-state index contributed by atoms with van der Waals surface area (Å²) >= 11 is 0. The Morgan fingerprint density at radius 2 is 0.900 bits per heavy atom. The topological polar surface area (TPSA) is 74.6 Å². The molecule has 1 aliphatic carbocycles. The van der Waals surface area contributed by atoms with E-state index in [1.165, 1.54) is 25.7 Å². The van der Waals surface area contributed by atoms with Crippen LogP contribution in [0.25, 0.3) is 0 Å². The van der Waals surface area contributed by atoms with Crippen LogP contribution in [0.4, 0.5) is 0 Å². The molecule has 156 valence electrons. The van der Waals surface area contributed by atoms with Crippen LogP contribution in [0.5, 0.6) is 0 Å². The van der Waals surface area contributed by atoms with Crippen LogP contribution in [0, 0.1) is 0 Å². The van der Waals surface area contributed by atoms with Gasteiger partial charge < -0.3 is 10.2 Å². The van der Waals surface area contributed by atoms with Crippen LogP contribution in [-0.4, -0.2) is 27.8 Å². The van der Waals surface area contributed by atoms with Crippen LogP contribution >= 0.6 is 7.26 Å². The van der Waals surface area contributed by atoms with Crippen molar-refractivity contribution in [1.29, 1.82) is 0 Å². The van der Waals surface area contributed by atoms with Crippen molar-refractivity contribution in [2.24, 2.45) is 0 Å². The number of benzene rings is 3. The fraction of sp³-hybridized carbons (Fsp3) is 0.200. The van der Waals surface area contributed by atoms with Gasteiger partial charge in [0.1, 0.15) is 0 Å². The van der Waals surface area contributed by atoms with Crippen molar-refractivity contribution in [2.75, 3.05) is 0 Å². The Morgan fingerprint density at radius 3 is 1.17 bits per heavy atom. The van der Waals surface area contributed by atoms with Crippen molar-refractivity contribution in [3.8, 4) is 0 Å². The van der Waals surface area contributed by atoms with Crippen molar-refractivity contribution in [3.63, 3.8) is 0 Å². The van der Waals surface area contributed by atoms with Gasteiger partial charge >= 0.3 is 157 Å². The first-order valence-electron chi connectivity index (χ1n) is 10.2. The predicted molar refractivity (Wildman–Crippen MR) is 124 cm³/mol. The summed E-state index contributed by atoms with van der Waals surface area (Å²) in [6.07, 6.45) is 5.49. The zero-order valence-electron chi connectivity index (χ0n) is 16.8. The van der Waals surface area contributed by atoms with E-state index < -0.39 is 19.2 Å². The van der Waals surface area contributed by atoms with Gasteiger partial charge in [-0.3, -0.25) is 0 Å². The van der Waals surface area contributed by atoms with E-state index in [1.54, 1.807) is 15.9 Å². The average Bonchev–Trinajstić information content (AvgIpc) is 3.32. The van der Waals surface area contributed by atoms with E-state index in [0.717, 1.165) is 5.66 Å². The standard InChI is InChI=1S/C23H25P.C2H2O4/c1-4-12-20(13-5-1)24(23-18-10-11-19-23,21-14-6-2-7-15-21)22-16-8-3-9-17-22;3-1(4)2(5)6/h1-9,12-17,23-24H,10-11,18-19H2;(H,3,4)(H,5,6). The summed E-state index contributed by atoms with van der Waals surface area (Å²) in [5.74, 6) is -3.65. The molecule has 2 N–H and O–H groups in total. The summed E-state index contributed by atoms with van der Waals surface area (Å²) in [6.45, 7) is 0. The third kappa shape index (κ3) is 4.60. The summed E-state index contributed by atoms with van der Waals surface area (Å²) in [7, 11) is -1.99. The molecule has 1 aliphatic rings. The molecule has 0 spiro atoms. The van der Waals surface area contributed by atoms with E-state index in [-0.39, 0.29) is 0 Å². The molecule has 0 aromatic heterocycles. The Hall–Kier alpha value is -2.97. The number of carboxylic acid groups (broad SMARTS) is 2. The molecular formula is C25H27O4P. The van der Waals surface area contributed by atoms with Gasteiger partial charge in [-0.15, -0.1) is 0 Å². The molecule has 0 heterocycles. The molecule has 0 atom stereocenters. The van der Waals surface area contributed by atoms with Crippen LogP contribution in [0.15, 0.2) is 91.0 Å². The molecule has 1 saturated carbocycles. The molecule has 3 aromatic rings. The Bertz CT molecular complexity index is 844. The number of carbonyl (C=O) groups is 2. The minimum absolute atomic E-state index is 0.796. The molecule has 5 heteroatoms. The van der Waals surface area contributed by atoms with E-state index >= 15 is 0 Å². The van der Waals surface area contributed by atoms with Crippen LogP contribution in [0.3, 0.4) is 0 Å². The van der Waals surface area contributed by atoms with Gasteiger partial charge in [-0.25, -0.2) is 9.59 Å². The summed E-state index contributed by atoms with van der Waals surface area (Å²) in [5, 5.41) is 19.5. The zero-order valence-corrected chi connectivity index (χ0v) is 17.8. The summed E-state index contributed by atoms with van der Waals surface area (Å²) in [4.78, 5) is 18.2. The Morgan fingerprint density at radius 1 is 0.600 bits per heavy atom. The summed E-state index contributed by atoms with van der Waals surface area (Å²) in [6, 6.07) is 34.0. The average molecular weight is 422 g/mol. The van der Waals surface area contributed by atoms with Crippen molar-refractivity contribution in [3.05, 3.63) is 91.0 Å². The van der Waals surface area contributed by atoms with Crippen LogP contribution < -0.4 is 15.9 Å². The van der Waals surface area contributed by atoms with Gasteiger partial charge in [-0.05, 0) is 0 Å². The van der Waals surface area contributed by atoms with Gasteiger partial charge in [0, 0.05) is 0 Å². The van der Waals surface area contributed by atoms with Crippen LogP contribution in [0.1, 0.15) is 25.7 Å². The fourth-order valence-electron chi connectivity index (χ4n) is 4.67. The van der Waals surface area contributed by atoms with E-state index in [9.17, 15) is 0 Å². The first kappa shape index (κ1) is 21.7. The maximum absolute atomic E-state index is 9.10. The normalized spacial score (nSPS) is 14.4. The van der Waals surface area contributed by atoms with Crippen LogP contribution in [0.2, 0.25) is 0 Å². The predicted octanol–water partition coefficient (Wildman–Crippen LogP) is 3.81. The molecule has 3 aromatic carbocycles. The van der Waals surface area contributed by atoms with E-state index in [2.05, 4.69) is 91.0 Å². The first-order chi connectivity index (χ1) is 14.6. The van der Waals surface area contributed by atoms with Crippen molar-refractivity contribution in [2.45, 2.75) is 31.3 Å². The number of rotatable bonds is 4. The van der Waals surface area contributed by atoms with Gasteiger partial charge in [0.15, 0.2) is 0 Å². The van der Waals surface area contributed by atoms with Crippen molar-refractivity contribution >= 4 is 35.1 Å². The summed E-state index contributed by atoms with van der Waals surface area (Å²) in [5.41, 5.74) is 0.796.